The maximum absolute atomic E-state index is 6.18. The van der Waals surface area contributed by atoms with Crippen molar-refractivity contribution >= 4 is 11.0 Å². The van der Waals surface area contributed by atoms with E-state index in [4.69, 9.17) is 9.15 Å². The molecule has 4 aromatic rings. The first kappa shape index (κ1) is 20.8. The third kappa shape index (κ3) is 4.29. The van der Waals surface area contributed by atoms with Gasteiger partial charge in [0.05, 0.1) is 7.11 Å². The van der Waals surface area contributed by atoms with E-state index in [2.05, 4.69) is 76.5 Å². The second-order valence-electron chi connectivity index (χ2n) is 8.60. The minimum atomic E-state index is 0.874. The van der Waals surface area contributed by atoms with E-state index in [0.29, 0.717) is 0 Å². The van der Waals surface area contributed by atoms with E-state index in [-0.39, 0.29) is 0 Å². The van der Waals surface area contributed by atoms with Gasteiger partial charge >= 0.3 is 0 Å². The number of piperazine rings is 1. The molecule has 5 rings (SSSR count). The zero-order valence-electron chi connectivity index (χ0n) is 18.9. The zero-order chi connectivity index (χ0) is 21.9. The van der Waals surface area contributed by atoms with Crippen LogP contribution >= 0.6 is 0 Å². The fraction of sp³-hybridized carbons (Fsp3) is 0.286. The quantitative estimate of drug-likeness (QED) is 0.393. The van der Waals surface area contributed by atoms with Crippen molar-refractivity contribution in [3.63, 3.8) is 0 Å². The molecule has 0 N–H and O–H groups in total. The van der Waals surface area contributed by atoms with Crippen molar-refractivity contribution in [2.45, 2.75) is 20.0 Å². The van der Waals surface area contributed by atoms with E-state index in [1.807, 2.05) is 13.0 Å². The Kier molecular flexibility index (Phi) is 5.97. The Balaban J connectivity index is 1.33. The summed E-state index contributed by atoms with van der Waals surface area (Å²) in [6, 6.07) is 25.5. The third-order valence-corrected chi connectivity index (χ3v) is 6.44. The summed E-state index contributed by atoms with van der Waals surface area (Å²) in [5.41, 5.74) is 5.83. The van der Waals surface area contributed by atoms with Crippen molar-refractivity contribution in [1.29, 1.82) is 0 Å². The SMILES string of the molecule is COc1cc2c(-c3ccccc3)c(C)oc2cc1CN1CCN(Cc2ccccc2)CC1. The number of fused-ring (bicyclic) bond motifs is 1. The highest BCUT2D eigenvalue weighted by atomic mass is 16.5. The molecule has 1 aromatic heterocycles. The topological polar surface area (TPSA) is 28.9 Å². The smallest absolute Gasteiger partial charge is 0.135 e. The Bertz CT molecular complexity index is 1180. The fourth-order valence-electron chi connectivity index (χ4n) is 4.75. The van der Waals surface area contributed by atoms with Crippen LogP contribution in [0.15, 0.2) is 77.2 Å². The number of aryl methyl sites for hydroxylation is 1. The molecule has 0 radical (unpaired) electrons. The molecule has 0 atom stereocenters. The van der Waals surface area contributed by atoms with Crippen LogP contribution in [0.2, 0.25) is 0 Å². The summed E-state index contributed by atoms with van der Waals surface area (Å²) in [6.07, 6.45) is 0. The molecule has 4 nitrogen and oxygen atoms in total. The van der Waals surface area contributed by atoms with Crippen LogP contribution in [0.25, 0.3) is 22.1 Å². The minimum absolute atomic E-state index is 0.874. The normalized spacial score (nSPS) is 15.3. The summed E-state index contributed by atoms with van der Waals surface area (Å²) in [6.45, 7) is 8.22. The average Bonchev–Trinajstić information content (AvgIpc) is 3.15. The number of hydrogen-bond donors (Lipinski definition) is 0. The molecular weight excluding hydrogens is 396 g/mol. The van der Waals surface area contributed by atoms with Crippen LogP contribution in [0.5, 0.6) is 5.75 Å². The predicted octanol–water partition coefficient (Wildman–Crippen LogP) is 5.73. The van der Waals surface area contributed by atoms with Crippen LogP contribution in [0.3, 0.4) is 0 Å². The van der Waals surface area contributed by atoms with Crippen molar-refractivity contribution in [2.75, 3.05) is 33.3 Å². The van der Waals surface area contributed by atoms with Crippen molar-refractivity contribution in [2.24, 2.45) is 0 Å². The zero-order valence-corrected chi connectivity index (χ0v) is 18.9. The van der Waals surface area contributed by atoms with Gasteiger partial charge < -0.3 is 9.15 Å². The molecule has 3 aromatic carbocycles. The van der Waals surface area contributed by atoms with Gasteiger partial charge in [0.2, 0.25) is 0 Å². The Morgan fingerprint density at radius 1 is 0.812 bits per heavy atom. The maximum atomic E-state index is 6.18. The molecule has 0 unspecified atom stereocenters. The van der Waals surface area contributed by atoms with Crippen molar-refractivity contribution < 1.29 is 9.15 Å². The van der Waals surface area contributed by atoms with E-state index in [0.717, 1.165) is 67.3 Å². The number of hydrogen-bond acceptors (Lipinski definition) is 4. The number of ether oxygens (including phenoxy) is 1. The first-order valence-corrected chi connectivity index (χ1v) is 11.4. The van der Waals surface area contributed by atoms with E-state index < -0.39 is 0 Å². The van der Waals surface area contributed by atoms with Crippen LogP contribution < -0.4 is 4.74 Å². The van der Waals surface area contributed by atoms with E-state index in [1.165, 1.54) is 16.7 Å². The molecule has 0 aliphatic carbocycles. The molecule has 32 heavy (non-hydrogen) atoms. The van der Waals surface area contributed by atoms with Gasteiger partial charge in [-0.25, -0.2) is 0 Å². The maximum Gasteiger partial charge on any atom is 0.135 e. The molecule has 0 amide bonds. The molecule has 1 saturated heterocycles. The van der Waals surface area contributed by atoms with Gasteiger partial charge in [0.15, 0.2) is 0 Å². The number of nitrogens with zero attached hydrogens (tertiary/aromatic N) is 2. The molecule has 4 heteroatoms. The van der Waals surface area contributed by atoms with Crippen LogP contribution in [-0.2, 0) is 13.1 Å². The van der Waals surface area contributed by atoms with Crippen LogP contribution in [0.1, 0.15) is 16.9 Å². The molecule has 0 spiro atoms. The lowest BCUT2D eigenvalue weighted by Gasteiger charge is -2.35. The number of benzene rings is 3. The summed E-state index contributed by atoms with van der Waals surface area (Å²) in [4.78, 5) is 5.05. The number of furan rings is 1. The van der Waals surface area contributed by atoms with Gasteiger partial charge in [-0.1, -0.05) is 60.7 Å². The molecule has 1 aliphatic heterocycles. The lowest BCUT2D eigenvalue weighted by Crippen LogP contribution is -2.45. The lowest BCUT2D eigenvalue weighted by atomic mass is 10.0. The highest BCUT2D eigenvalue weighted by Crippen LogP contribution is 2.38. The largest absolute Gasteiger partial charge is 0.496 e. The van der Waals surface area contributed by atoms with Gasteiger partial charge in [0, 0.05) is 55.8 Å². The van der Waals surface area contributed by atoms with E-state index in [1.54, 1.807) is 7.11 Å². The third-order valence-electron chi connectivity index (χ3n) is 6.44. The number of rotatable bonds is 6. The Labute approximate surface area is 190 Å². The van der Waals surface area contributed by atoms with Crippen molar-refractivity contribution in [3.05, 3.63) is 89.7 Å². The van der Waals surface area contributed by atoms with Crippen LogP contribution in [-0.4, -0.2) is 43.1 Å². The first-order valence-electron chi connectivity index (χ1n) is 11.4. The van der Waals surface area contributed by atoms with Gasteiger partial charge in [-0.3, -0.25) is 9.80 Å². The summed E-state index contributed by atoms with van der Waals surface area (Å²) in [5, 5.41) is 1.11. The monoisotopic (exact) mass is 426 g/mol. The molecule has 0 bridgehead atoms. The Hall–Kier alpha value is -3.08. The van der Waals surface area contributed by atoms with E-state index >= 15 is 0 Å². The molecule has 1 aliphatic rings. The van der Waals surface area contributed by atoms with Crippen LogP contribution in [0.4, 0.5) is 0 Å². The minimum Gasteiger partial charge on any atom is -0.496 e. The molecule has 2 heterocycles. The Morgan fingerprint density at radius 2 is 1.44 bits per heavy atom. The molecule has 164 valence electrons. The number of methoxy groups -OCH3 is 1. The summed E-state index contributed by atoms with van der Waals surface area (Å²) in [5.74, 6) is 1.88. The predicted molar refractivity (Wildman–Crippen MR) is 130 cm³/mol. The van der Waals surface area contributed by atoms with E-state index in [9.17, 15) is 0 Å². The van der Waals surface area contributed by atoms with Crippen molar-refractivity contribution in [3.8, 4) is 16.9 Å². The van der Waals surface area contributed by atoms with Gasteiger partial charge in [-0.2, -0.15) is 0 Å². The molecule has 1 fully saturated rings. The second kappa shape index (κ2) is 9.19. The molecular formula is C28H30N2O2. The summed E-state index contributed by atoms with van der Waals surface area (Å²) in [7, 11) is 1.76. The second-order valence-corrected chi connectivity index (χ2v) is 8.60. The highest BCUT2D eigenvalue weighted by Gasteiger charge is 2.21. The van der Waals surface area contributed by atoms with Gasteiger partial charge in [-0.05, 0) is 30.2 Å². The Morgan fingerprint density at radius 3 is 2.09 bits per heavy atom. The average molecular weight is 427 g/mol. The summed E-state index contributed by atoms with van der Waals surface area (Å²) >= 11 is 0. The van der Waals surface area contributed by atoms with Gasteiger partial charge in [-0.15, -0.1) is 0 Å². The van der Waals surface area contributed by atoms with Gasteiger partial charge in [0.1, 0.15) is 17.1 Å². The highest BCUT2D eigenvalue weighted by molar-refractivity contribution is 5.97. The molecule has 0 saturated carbocycles. The first-order chi connectivity index (χ1) is 15.7. The fourth-order valence-corrected chi connectivity index (χ4v) is 4.75. The van der Waals surface area contributed by atoms with Crippen molar-refractivity contribution in [1.82, 2.24) is 9.80 Å². The lowest BCUT2D eigenvalue weighted by molar-refractivity contribution is 0.121. The standard InChI is InChI=1S/C28H30N2O2/c1-21-28(23-11-7-4-8-12-23)25-18-26(31-2)24(17-27(25)32-21)20-30-15-13-29(14-16-30)19-22-9-5-3-6-10-22/h3-12,17-18H,13-16,19-20H2,1-2H3. The van der Waals surface area contributed by atoms with Crippen LogP contribution in [0, 0.1) is 6.92 Å². The summed E-state index contributed by atoms with van der Waals surface area (Å²) < 4.78 is 12.0. The van der Waals surface area contributed by atoms with Gasteiger partial charge in [0.25, 0.3) is 0 Å².